The van der Waals surface area contributed by atoms with Crippen LogP contribution in [0.25, 0.3) is 5.65 Å². The highest BCUT2D eigenvalue weighted by molar-refractivity contribution is 5.41. The molecular formula is C13H18N2O. The van der Waals surface area contributed by atoms with Gasteiger partial charge in [-0.25, -0.2) is 4.98 Å². The van der Waals surface area contributed by atoms with Crippen LogP contribution in [0.5, 0.6) is 0 Å². The Morgan fingerprint density at radius 2 is 2.06 bits per heavy atom. The number of fused-ring (bicyclic) bond motifs is 1. The average molecular weight is 218 g/mol. The number of hydrogen-bond donors (Lipinski definition) is 0. The van der Waals surface area contributed by atoms with E-state index in [0.717, 1.165) is 17.5 Å². The maximum absolute atomic E-state index is 11.8. The van der Waals surface area contributed by atoms with Gasteiger partial charge >= 0.3 is 0 Å². The van der Waals surface area contributed by atoms with Crippen molar-refractivity contribution in [3.63, 3.8) is 0 Å². The summed E-state index contributed by atoms with van der Waals surface area (Å²) in [4.78, 5) is 16.0. The number of aryl methyl sites for hydroxylation is 2. The van der Waals surface area contributed by atoms with E-state index in [1.165, 1.54) is 0 Å². The molecule has 0 radical (unpaired) electrons. The van der Waals surface area contributed by atoms with Crippen LogP contribution in [0.3, 0.4) is 0 Å². The third kappa shape index (κ3) is 2.30. The Hall–Kier alpha value is -1.64. The molecule has 2 aromatic rings. The minimum atomic E-state index is 0.0394. The third-order valence-electron chi connectivity index (χ3n) is 2.32. The van der Waals surface area contributed by atoms with Crippen molar-refractivity contribution in [1.29, 1.82) is 0 Å². The van der Waals surface area contributed by atoms with Gasteiger partial charge in [0, 0.05) is 18.0 Å². The molecule has 0 atom stereocenters. The van der Waals surface area contributed by atoms with E-state index in [1.54, 1.807) is 16.8 Å². The normalized spacial score (nSPS) is 9.75. The van der Waals surface area contributed by atoms with Crippen molar-refractivity contribution in [3.05, 3.63) is 46.0 Å². The summed E-state index contributed by atoms with van der Waals surface area (Å²) in [6.45, 7) is 7.94. The van der Waals surface area contributed by atoms with Gasteiger partial charge in [0.15, 0.2) is 0 Å². The molecule has 2 rings (SSSR count). The van der Waals surface area contributed by atoms with E-state index in [9.17, 15) is 4.79 Å². The minimum Gasteiger partial charge on any atom is -0.269 e. The fourth-order valence-electron chi connectivity index (χ4n) is 1.46. The Morgan fingerprint density at radius 1 is 1.38 bits per heavy atom. The maximum Gasteiger partial charge on any atom is 0.260 e. The van der Waals surface area contributed by atoms with E-state index in [2.05, 4.69) is 4.98 Å². The smallest absolute Gasteiger partial charge is 0.260 e. The summed E-state index contributed by atoms with van der Waals surface area (Å²) in [5.74, 6) is 0. The molecule has 0 aliphatic heterocycles. The summed E-state index contributed by atoms with van der Waals surface area (Å²) < 4.78 is 1.59. The summed E-state index contributed by atoms with van der Waals surface area (Å²) in [5.41, 5.74) is 2.62. The Kier molecular flexibility index (Phi) is 4.23. The predicted octanol–water partition coefficient (Wildman–Crippen LogP) is 2.59. The third-order valence-corrected chi connectivity index (χ3v) is 2.32. The van der Waals surface area contributed by atoms with Crippen molar-refractivity contribution in [2.24, 2.45) is 0 Å². The zero-order valence-corrected chi connectivity index (χ0v) is 10.3. The van der Waals surface area contributed by atoms with Crippen LogP contribution in [0.4, 0.5) is 0 Å². The molecule has 86 valence electrons. The van der Waals surface area contributed by atoms with Crippen molar-refractivity contribution in [2.75, 3.05) is 0 Å². The van der Waals surface area contributed by atoms with Crippen LogP contribution in [0, 0.1) is 6.92 Å². The molecule has 0 saturated carbocycles. The monoisotopic (exact) mass is 218 g/mol. The van der Waals surface area contributed by atoms with Gasteiger partial charge in [-0.2, -0.15) is 0 Å². The van der Waals surface area contributed by atoms with Gasteiger partial charge in [-0.1, -0.05) is 20.8 Å². The van der Waals surface area contributed by atoms with E-state index in [1.807, 2.05) is 39.8 Å². The summed E-state index contributed by atoms with van der Waals surface area (Å²) >= 11 is 0. The van der Waals surface area contributed by atoms with Crippen LogP contribution in [0.15, 0.2) is 29.3 Å². The topological polar surface area (TPSA) is 34.4 Å². The highest BCUT2D eigenvalue weighted by Gasteiger charge is 2.01. The second-order valence-electron chi connectivity index (χ2n) is 3.37. The summed E-state index contributed by atoms with van der Waals surface area (Å²) in [6.07, 6.45) is 4.17. The Balaban J connectivity index is 0.000000606. The summed E-state index contributed by atoms with van der Waals surface area (Å²) in [7, 11) is 0. The van der Waals surface area contributed by atoms with E-state index in [-0.39, 0.29) is 5.56 Å². The van der Waals surface area contributed by atoms with Gasteiger partial charge < -0.3 is 0 Å². The lowest BCUT2D eigenvalue weighted by Gasteiger charge is -2.02. The van der Waals surface area contributed by atoms with Crippen LogP contribution >= 0.6 is 0 Å². The molecule has 0 bridgehead atoms. The molecule has 3 nitrogen and oxygen atoms in total. The quantitative estimate of drug-likeness (QED) is 0.737. The molecule has 0 aliphatic rings. The standard InChI is InChI=1S/C11H12N2O.C2H6/c1-3-9-7-12-10-6-8(2)4-5-13(10)11(9)14;1-2/h4-7H,3H2,1-2H3;1-2H3. The lowest BCUT2D eigenvalue weighted by molar-refractivity contribution is 0.964. The van der Waals surface area contributed by atoms with Crippen molar-refractivity contribution in [1.82, 2.24) is 9.38 Å². The van der Waals surface area contributed by atoms with Crippen molar-refractivity contribution in [3.8, 4) is 0 Å². The van der Waals surface area contributed by atoms with Gasteiger partial charge in [0.25, 0.3) is 5.56 Å². The fraction of sp³-hybridized carbons (Fsp3) is 0.385. The molecule has 0 aromatic carbocycles. The van der Waals surface area contributed by atoms with Crippen LogP contribution in [0.2, 0.25) is 0 Å². The predicted molar refractivity (Wildman–Crippen MR) is 66.9 cm³/mol. The number of nitrogens with zero attached hydrogens (tertiary/aromatic N) is 2. The first-order chi connectivity index (χ1) is 7.72. The number of aromatic nitrogens is 2. The molecule has 2 heterocycles. The zero-order valence-electron chi connectivity index (χ0n) is 10.3. The number of rotatable bonds is 1. The van der Waals surface area contributed by atoms with E-state index in [4.69, 9.17) is 0 Å². The van der Waals surface area contributed by atoms with Gasteiger partial charge in [-0.3, -0.25) is 9.20 Å². The van der Waals surface area contributed by atoms with Gasteiger partial charge in [0.05, 0.1) is 0 Å². The molecule has 0 fully saturated rings. The van der Waals surface area contributed by atoms with E-state index >= 15 is 0 Å². The highest BCUT2D eigenvalue weighted by Crippen LogP contribution is 2.02. The lowest BCUT2D eigenvalue weighted by atomic mass is 10.2. The largest absolute Gasteiger partial charge is 0.269 e. The molecule has 16 heavy (non-hydrogen) atoms. The Bertz CT molecular complexity index is 529. The van der Waals surface area contributed by atoms with Crippen molar-refractivity contribution < 1.29 is 0 Å². The van der Waals surface area contributed by atoms with Gasteiger partial charge in [0.2, 0.25) is 0 Å². The van der Waals surface area contributed by atoms with Crippen LogP contribution in [-0.4, -0.2) is 9.38 Å². The molecule has 0 saturated heterocycles. The summed E-state index contributed by atoms with van der Waals surface area (Å²) in [5, 5.41) is 0. The average Bonchev–Trinajstić information content (AvgIpc) is 2.32. The molecular weight excluding hydrogens is 200 g/mol. The molecule has 0 aliphatic carbocycles. The molecule has 0 spiro atoms. The lowest BCUT2D eigenvalue weighted by Crippen LogP contribution is -2.18. The molecule has 2 aromatic heterocycles. The first kappa shape index (κ1) is 12.4. The first-order valence-electron chi connectivity index (χ1n) is 5.69. The Morgan fingerprint density at radius 3 is 2.69 bits per heavy atom. The highest BCUT2D eigenvalue weighted by atomic mass is 16.1. The molecule has 0 amide bonds. The summed E-state index contributed by atoms with van der Waals surface area (Å²) in [6, 6.07) is 3.82. The maximum atomic E-state index is 11.8. The van der Waals surface area contributed by atoms with Gasteiger partial charge in [-0.05, 0) is 31.0 Å². The first-order valence-corrected chi connectivity index (χ1v) is 5.69. The SMILES string of the molecule is CC.CCc1cnc2cc(C)ccn2c1=O. The minimum absolute atomic E-state index is 0.0394. The zero-order chi connectivity index (χ0) is 12.1. The number of hydrogen-bond acceptors (Lipinski definition) is 2. The second kappa shape index (κ2) is 5.45. The van der Waals surface area contributed by atoms with Crippen molar-refractivity contribution >= 4 is 5.65 Å². The molecule has 0 unspecified atom stereocenters. The van der Waals surface area contributed by atoms with E-state index in [0.29, 0.717) is 5.65 Å². The molecule has 3 heteroatoms. The molecule has 0 N–H and O–H groups in total. The van der Waals surface area contributed by atoms with Crippen LogP contribution in [-0.2, 0) is 6.42 Å². The van der Waals surface area contributed by atoms with Gasteiger partial charge in [-0.15, -0.1) is 0 Å². The van der Waals surface area contributed by atoms with Crippen LogP contribution < -0.4 is 5.56 Å². The van der Waals surface area contributed by atoms with Crippen LogP contribution in [0.1, 0.15) is 31.9 Å². The number of pyridine rings is 1. The Labute approximate surface area is 95.8 Å². The van der Waals surface area contributed by atoms with E-state index < -0.39 is 0 Å². The van der Waals surface area contributed by atoms with Gasteiger partial charge in [0.1, 0.15) is 5.65 Å². The second-order valence-corrected chi connectivity index (χ2v) is 3.37. The fourth-order valence-corrected chi connectivity index (χ4v) is 1.46. The van der Waals surface area contributed by atoms with Crippen molar-refractivity contribution in [2.45, 2.75) is 34.1 Å².